The van der Waals surface area contributed by atoms with Gasteiger partial charge >= 0.3 is 0 Å². The van der Waals surface area contributed by atoms with Gasteiger partial charge in [-0.25, -0.2) is 0 Å². The second-order valence-corrected chi connectivity index (χ2v) is 5.77. The lowest BCUT2D eigenvalue weighted by Crippen LogP contribution is -2.35. The summed E-state index contributed by atoms with van der Waals surface area (Å²) in [7, 11) is 0. The molecule has 0 saturated carbocycles. The Bertz CT molecular complexity index is 377. The molecule has 0 aromatic heterocycles. The molecule has 0 radical (unpaired) electrons. The van der Waals surface area contributed by atoms with E-state index in [2.05, 4.69) is 53.1 Å². The van der Waals surface area contributed by atoms with Gasteiger partial charge < -0.3 is 5.32 Å². The number of carbonyl (C=O) groups excluding carboxylic acids is 1. The molecule has 16 heavy (non-hydrogen) atoms. The second-order valence-electron chi connectivity index (χ2n) is 3.36. The highest BCUT2D eigenvalue weighted by Gasteiger charge is 2.13. The first-order chi connectivity index (χ1) is 7.58. The summed E-state index contributed by atoms with van der Waals surface area (Å²) >= 11 is 10.1. The van der Waals surface area contributed by atoms with E-state index in [1.54, 1.807) is 6.07 Å². The quantitative estimate of drug-likeness (QED) is 0.739. The number of alkyl halides is 1. The lowest BCUT2D eigenvalue weighted by Gasteiger charge is -2.14. The van der Waals surface area contributed by atoms with E-state index in [4.69, 9.17) is 0 Å². The molecule has 1 unspecified atom stereocenters. The fraction of sp³-hybridized carbons (Fsp3) is 0.364. The number of carbonyl (C=O) groups is 1. The van der Waals surface area contributed by atoms with Gasteiger partial charge in [0, 0.05) is 20.3 Å². The molecule has 1 rings (SSSR count). The predicted octanol–water partition coefficient (Wildman–Crippen LogP) is 4.11. The molecule has 0 saturated heterocycles. The van der Waals surface area contributed by atoms with Crippen molar-refractivity contribution in [2.24, 2.45) is 0 Å². The third-order valence-electron chi connectivity index (χ3n) is 2.19. The Morgan fingerprint density at radius 1 is 1.44 bits per heavy atom. The Morgan fingerprint density at radius 3 is 2.62 bits per heavy atom. The van der Waals surface area contributed by atoms with E-state index in [0.717, 1.165) is 20.7 Å². The maximum absolute atomic E-state index is 11.9. The summed E-state index contributed by atoms with van der Waals surface area (Å²) in [6.07, 6.45) is 0.908. The highest BCUT2D eigenvalue weighted by Crippen LogP contribution is 2.22. The van der Waals surface area contributed by atoms with Crippen LogP contribution in [-0.4, -0.2) is 17.3 Å². The summed E-state index contributed by atoms with van der Waals surface area (Å²) in [4.78, 5) is 11.9. The maximum atomic E-state index is 11.9. The van der Waals surface area contributed by atoms with E-state index in [1.807, 2.05) is 19.1 Å². The minimum Gasteiger partial charge on any atom is -0.348 e. The SMILES string of the molecule is CCC(CBr)NC(=O)c1ccc(Br)cc1Br. The molecular weight excluding hydrogens is 402 g/mol. The fourth-order valence-corrected chi connectivity index (χ4v) is 3.03. The van der Waals surface area contributed by atoms with Crippen LogP contribution < -0.4 is 5.32 Å². The molecule has 0 bridgehead atoms. The summed E-state index contributed by atoms with van der Waals surface area (Å²) in [6, 6.07) is 5.69. The number of halogens is 3. The van der Waals surface area contributed by atoms with Crippen LogP contribution in [0.2, 0.25) is 0 Å². The molecule has 0 fully saturated rings. The maximum Gasteiger partial charge on any atom is 0.252 e. The van der Waals surface area contributed by atoms with E-state index < -0.39 is 0 Å². The van der Waals surface area contributed by atoms with E-state index in [9.17, 15) is 4.79 Å². The van der Waals surface area contributed by atoms with E-state index in [1.165, 1.54) is 0 Å². The van der Waals surface area contributed by atoms with Gasteiger partial charge in [-0.2, -0.15) is 0 Å². The van der Waals surface area contributed by atoms with Crippen LogP contribution >= 0.6 is 47.8 Å². The van der Waals surface area contributed by atoms with Crippen molar-refractivity contribution < 1.29 is 4.79 Å². The monoisotopic (exact) mass is 411 g/mol. The minimum absolute atomic E-state index is 0.0503. The van der Waals surface area contributed by atoms with Crippen LogP contribution in [0.1, 0.15) is 23.7 Å². The zero-order chi connectivity index (χ0) is 12.1. The zero-order valence-corrected chi connectivity index (χ0v) is 13.5. The number of hydrogen-bond acceptors (Lipinski definition) is 1. The van der Waals surface area contributed by atoms with Crippen LogP contribution in [0, 0.1) is 0 Å². The van der Waals surface area contributed by atoms with Crippen LogP contribution in [0.4, 0.5) is 0 Å². The molecule has 0 aliphatic rings. The summed E-state index contributed by atoms with van der Waals surface area (Å²) in [5.41, 5.74) is 0.655. The molecule has 0 aliphatic heterocycles. The molecule has 1 aromatic carbocycles. The molecule has 2 nitrogen and oxygen atoms in total. The Hall–Kier alpha value is 0.130. The second kappa shape index (κ2) is 6.77. The Kier molecular flexibility index (Phi) is 6.00. The first-order valence-electron chi connectivity index (χ1n) is 4.90. The molecule has 1 aromatic rings. The van der Waals surface area contributed by atoms with Gasteiger partial charge in [-0.15, -0.1) is 0 Å². The summed E-state index contributed by atoms with van der Waals surface area (Å²) in [5, 5.41) is 3.73. The lowest BCUT2D eigenvalue weighted by atomic mass is 10.2. The van der Waals surface area contributed by atoms with Crippen molar-refractivity contribution in [2.45, 2.75) is 19.4 Å². The number of hydrogen-bond donors (Lipinski definition) is 1. The standard InChI is InChI=1S/C11H12Br3NO/c1-2-8(6-12)15-11(16)9-4-3-7(13)5-10(9)14/h3-5,8H,2,6H2,1H3,(H,15,16). The van der Waals surface area contributed by atoms with Crippen LogP contribution in [0.15, 0.2) is 27.1 Å². The fourth-order valence-electron chi connectivity index (χ4n) is 1.19. The Morgan fingerprint density at radius 2 is 2.12 bits per heavy atom. The number of rotatable bonds is 4. The molecule has 0 heterocycles. The number of benzene rings is 1. The van der Waals surface area contributed by atoms with Gasteiger partial charge in [-0.1, -0.05) is 38.8 Å². The molecule has 1 N–H and O–H groups in total. The first kappa shape index (κ1) is 14.2. The molecule has 0 spiro atoms. The molecule has 1 atom stereocenters. The molecule has 5 heteroatoms. The average Bonchev–Trinajstić information content (AvgIpc) is 2.25. The largest absolute Gasteiger partial charge is 0.348 e. The summed E-state index contributed by atoms with van der Waals surface area (Å²) < 4.78 is 1.74. The molecule has 88 valence electrons. The Labute approximate surface area is 121 Å². The third-order valence-corrected chi connectivity index (χ3v) is 4.12. The van der Waals surface area contributed by atoms with Gasteiger partial charge in [0.1, 0.15) is 0 Å². The normalized spacial score (nSPS) is 12.2. The predicted molar refractivity (Wildman–Crippen MR) is 77.2 cm³/mol. The van der Waals surface area contributed by atoms with E-state index in [-0.39, 0.29) is 11.9 Å². The lowest BCUT2D eigenvalue weighted by molar-refractivity contribution is 0.0939. The minimum atomic E-state index is -0.0503. The molecule has 1 amide bonds. The van der Waals surface area contributed by atoms with Crippen LogP contribution in [-0.2, 0) is 0 Å². The summed E-state index contributed by atoms with van der Waals surface area (Å²) in [5.74, 6) is -0.0503. The van der Waals surface area contributed by atoms with Crippen LogP contribution in [0.5, 0.6) is 0 Å². The Balaban J connectivity index is 2.80. The highest BCUT2D eigenvalue weighted by molar-refractivity contribution is 9.11. The van der Waals surface area contributed by atoms with Crippen molar-refractivity contribution in [3.63, 3.8) is 0 Å². The van der Waals surface area contributed by atoms with Crippen molar-refractivity contribution in [1.29, 1.82) is 0 Å². The number of nitrogens with one attached hydrogen (secondary N) is 1. The van der Waals surface area contributed by atoms with Crippen LogP contribution in [0.3, 0.4) is 0 Å². The van der Waals surface area contributed by atoms with E-state index >= 15 is 0 Å². The zero-order valence-electron chi connectivity index (χ0n) is 8.77. The van der Waals surface area contributed by atoms with Crippen LogP contribution in [0.25, 0.3) is 0 Å². The molecular formula is C11H12Br3NO. The smallest absolute Gasteiger partial charge is 0.252 e. The first-order valence-corrected chi connectivity index (χ1v) is 7.61. The highest BCUT2D eigenvalue weighted by atomic mass is 79.9. The van der Waals surface area contributed by atoms with Crippen molar-refractivity contribution in [2.75, 3.05) is 5.33 Å². The van der Waals surface area contributed by atoms with E-state index in [0.29, 0.717) is 5.56 Å². The third kappa shape index (κ3) is 3.86. The van der Waals surface area contributed by atoms with Crippen molar-refractivity contribution in [3.8, 4) is 0 Å². The topological polar surface area (TPSA) is 29.1 Å². The summed E-state index contributed by atoms with van der Waals surface area (Å²) in [6.45, 7) is 2.04. The van der Waals surface area contributed by atoms with Gasteiger partial charge in [-0.05, 0) is 40.5 Å². The van der Waals surface area contributed by atoms with Crippen molar-refractivity contribution in [3.05, 3.63) is 32.7 Å². The van der Waals surface area contributed by atoms with Gasteiger partial charge in [0.2, 0.25) is 0 Å². The van der Waals surface area contributed by atoms with Gasteiger partial charge in [0.05, 0.1) is 5.56 Å². The van der Waals surface area contributed by atoms with Gasteiger partial charge in [0.15, 0.2) is 0 Å². The van der Waals surface area contributed by atoms with Gasteiger partial charge in [0.25, 0.3) is 5.91 Å². The van der Waals surface area contributed by atoms with Crippen molar-refractivity contribution in [1.82, 2.24) is 5.32 Å². The van der Waals surface area contributed by atoms with Gasteiger partial charge in [-0.3, -0.25) is 4.79 Å². The number of amides is 1. The molecule has 0 aliphatic carbocycles. The average molecular weight is 414 g/mol. The van der Waals surface area contributed by atoms with Crippen molar-refractivity contribution >= 4 is 53.7 Å².